The molecule has 0 atom stereocenters. The maximum absolute atomic E-state index is 11.4. The van der Waals surface area contributed by atoms with E-state index in [0.29, 0.717) is 12.2 Å². The number of carbonyl (C=O) groups excluding carboxylic acids is 1. The maximum atomic E-state index is 11.4. The van der Waals surface area contributed by atoms with Gasteiger partial charge in [0.05, 0.1) is 17.6 Å². The lowest BCUT2D eigenvalue weighted by molar-refractivity contribution is 0.0947. The van der Waals surface area contributed by atoms with E-state index >= 15 is 0 Å². The Kier molecular flexibility index (Phi) is 2.85. The summed E-state index contributed by atoms with van der Waals surface area (Å²) in [4.78, 5) is 20.3. The van der Waals surface area contributed by atoms with Crippen molar-refractivity contribution in [2.75, 3.05) is 0 Å². The summed E-state index contributed by atoms with van der Waals surface area (Å²) >= 11 is 2.93. The number of nitrogens with zero attached hydrogens (tertiary/aromatic N) is 2. The highest BCUT2D eigenvalue weighted by Gasteiger charge is 2.06. The van der Waals surface area contributed by atoms with Crippen molar-refractivity contribution < 1.29 is 4.79 Å². The minimum absolute atomic E-state index is 0.139. The number of hydrogen-bond acceptors (Lipinski definition) is 5. The van der Waals surface area contributed by atoms with Crippen LogP contribution in [0.25, 0.3) is 0 Å². The smallest absolute Gasteiger partial charge is 0.271 e. The van der Waals surface area contributed by atoms with Gasteiger partial charge in [-0.15, -0.1) is 22.7 Å². The van der Waals surface area contributed by atoms with Crippen molar-refractivity contribution >= 4 is 28.6 Å². The number of rotatable bonds is 3. The zero-order chi connectivity index (χ0) is 9.80. The number of carbonyl (C=O) groups is 1. The first-order valence-electron chi connectivity index (χ1n) is 3.90. The van der Waals surface area contributed by atoms with Crippen LogP contribution in [-0.2, 0) is 6.54 Å². The largest absolute Gasteiger partial charge is 0.346 e. The molecule has 14 heavy (non-hydrogen) atoms. The molecule has 72 valence electrons. The van der Waals surface area contributed by atoms with E-state index in [1.54, 1.807) is 22.6 Å². The summed E-state index contributed by atoms with van der Waals surface area (Å²) in [6, 6.07) is 0. The summed E-state index contributed by atoms with van der Waals surface area (Å²) in [6.45, 7) is 0.515. The minimum atomic E-state index is -0.139. The molecule has 0 fully saturated rings. The Hall–Kier alpha value is -1.27. The second-order valence-electron chi connectivity index (χ2n) is 2.52. The number of amides is 1. The SMILES string of the molecule is O=C(NCc1cncs1)c1cscn1. The molecule has 0 saturated carbocycles. The lowest BCUT2D eigenvalue weighted by Crippen LogP contribution is -2.22. The summed E-state index contributed by atoms with van der Waals surface area (Å²) in [5.74, 6) is -0.139. The van der Waals surface area contributed by atoms with Gasteiger partial charge in [0.15, 0.2) is 0 Å². The van der Waals surface area contributed by atoms with E-state index in [0.717, 1.165) is 4.88 Å². The molecule has 0 aliphatic heterocycles. The highest BCUT2D eigenvalue weighted by Crippen LogP contribution is 2.05. The number of hydrogen-bond donors (Lipinski definition) is 1. The van der Waals surface area contributed by atoms with E-state index in [-0.39, 0.29) is 5.91 Å². The van der Waals surface area contributed by atoms with Crippen LogP contribution in [0.5, 0.6) is 0 Å². The van der Waals surface area contributed by atoms with E-state index in [1.165, 1.54) is 22.7 Å². The zero-order valence-corrected chi connectivity index (χ0v) is 8.77. The molecule has 4 nitrogen and oxygen atoms in total. The molecule has 2 aromatic heterocycles. The lowest BCUT2D eigenvalue weighted by Gasteiger charge is -1.99. The van der Waals surface area contributed by atoms with Gasteiger partial charge in [0, 0.05) is 16.5 Å². The van der Waals surface area contributed by atoms with Crippen LogP contribution in [0.2, 0.25) is 0 Å². The molecule has 0 bridgehead atoms. The van der Waals surface area contributed by atoms with Crippen molar-refractivity contribution in [2.24, 2.45) is 0 Å². The molecular formula is C8H7N3OS2. The number of nitrogens with one attached hydrogen (secondary N) is 1. The fraction of sp³-hybridized carbons (Fsp3) is 0.125. The Morgan fingerprint density at radius 2 is 2.43 bits per heavy atom. The Balaban J connectivity index is 1.90. The van der Waals surface area contributed by atoms with Crippen LogP contribution < -0.4 is 5.32 Å². The fourth-order valence-electron chi connectivity index (χ4n) is 0.912. The molecule has 0 aliphatic carbocycles. The van der Waals surface area contributed by atoms with Gasteiger partial charge in [-0.1, -0.05) is 0 Å². The molecule has 2 aromatic rings. The van der Waals surface area contributed by atoms with Gasteiger partial charge in [0.25, 0.3) is 5.91 Å². The van der Waals surface area contributed by atoms with Crippen LogP contribution >= 0.6 is 22.7 Å². The first kappa shape index (κ1) is 9.29. The second-order valence-corrected chi connectivity index (χ2v) is 4.21. The van der Waals surface area contributed by atoms with E-state index in [1.807, 2.05) is 0 Å². The van der Waals surface area contributed by atoms with E-state index in [9.17, 15) is 4.79 Å². The molecule has 0 radical (unpaired) electrons. The first-order chi connectivity index (χ1) is 6.86. The van der Waals surface area contributed by atoms with Crippen LogP contribution in [-0.4, -0.2) is 15.9 Å². The quantitative estimate of drug-likeness (QED) is 0.861. The topological polar surface area (TPSA) is 54.9 Å². The Morgan fingerprint density at radius 1 is 1.50 bits per heavy atom. The average molecular weight is 225 g/mol. The van der Waals surface area contributed by atoms with Crippen molar-refractivity contribution in [1.29, 1.82) is 0 Å². The highest BCUT2D eigenvalue weighted by molar-refractivity contribution is 7.09. The number of thiazole rings is 2. The van der Waals surface area contributed by atoms with Crippen molar-refractivity contribution in [3.8, 4) is 0 Å². The standard InChI is InChI=1S/C8H7N3OS2/c12-8(7-3-13-5-11-7)10-2-6-1-9-4-14-6/h1,3-5H,2H2,(H,10,12). The fourth-order valence-corrected chi connectivity index (χ4v) is 1.98. The van der Waals surface area contributed by atoms with Gasteiger partial charge in [-0.3, -0.25) is 9.78 Å². The maximum Gasteiger partial charge on any atom is 0.271 e. The van der Waals surface area contributed by atoms with Crippen LogP contribution in [0.1, 0.15) is 15.4 Å². The van der Waals surface area contributed by atoms with Gasteiger partial charge in [-0.2, -0.15) is 0 Å². The van der Waals surface area contributed by atoms with Crippen molar-refractivity contribution in [3.63, 3.8) is 0 Å². The van der Waals surface area contributed by atoms with Crippen LogP contribution in [0.15, 0.2) is 22.6 Å². The third kappa shape index (κ3) is 2.15. The monoisotopic (exact) mass is 225 g/mol. The van der Waals surface area contributed by atoms with Crippen molar-refractivity contribution in [2.45, 2.75) is 6.54 Å². The molecule has 0 aromatic carbocycles. The predicted molar refractivity (Wildman–Crippen MR) is 55.4 cm³/mol. The number of aromatic nitrogens is 2. The molecule has 0 unspecified atom stereocenters. The van der Waals surface area contributed by atoms with Gasteiger partial charge in [-0.05, 0) is 0 Å². The van der Waals surface area contributed by atoms with E-state index < -0.39 is 0 Å². The van der Waals surface area contributed by atoms with Crippen LogP contribution in [0.3, 0.4) is 0 Å². The Labute approximate surface area is 88.6 Å². The molecule has 6 heteroatoms. The summed E-state index contributed by atoms with van der Waals surface area (Å²) in [5.41, 5.74) is 3.85. The summed E-state index contributed by atoms with van der Waals surface area (Å²) in [7, 11) is 0. The van der Waals surface area contributed by atoms with E-state index in [2.05, 4.69) is 15.3 Å². The first-order valence-corrected chi connectivity index (χ1v) is 5.72. The summed E-state index contributed by atoms with van der Waals surface area (Å²) < 4.78 is 0. The molecular weight excluding hydrogens is 218 g/mol. The van der Waals surface area contributed by atoms with Crippen molar-refractivity contribution in [3.05, 3.63) is 33.2 Å². The highest BCUT2D eigenvalue weighted by atomic mass is 32.1. The van der Waals surface area contributed by atoms with Crippen LogP contribution in [0.4, 0.5) is 0 Å². The molecule has 1 N–H and O–H groups in total. The van der Waals surface area contributed by atoms with Crippen LogP contribution in [0, 0.1) is 0 Å². The molecule has 0 spiro atoms. The van der Waals surface area contributed by atoms with Gasteiger partial charge in [-0.25, -0.2) is 4.98 Å². The van der Waals surface area contributed by atoms with Gasteiger partial charge >= 0.3 is 0 Å². The Bertz CT molecular complexity index is 396. The molecule has 0 saturated heterocycles. The van der Waals surface area contributed by atoms with Gasteiger partial charge in [0.1, 0.15) is 5.69 Å². The van der Waals surface area contributed by atoms with Gasteiger partial charge < -0.3 is 5.32 Å². The molecule has 2 rings (SSSR count). The van der Waals surface area contributed by atoms with E-state index in [4.69, 9.17) is 0 Å². The molecule has 2 heterocycles. The molecule has 0 aliphatic rings. The Morgan fingerprint density at radius 3 is 3.07 bits per heavy atom. The normalized spacial score (nSPS) is 10.0. The zero-order valence-electron chi connectivity index (χ0n) is 7.14. The lowest BCUT2D eigenvalue weighted by atomic mass is 10.4. The minimum Gasteiger partial charge on any atom is -0.346 e. The second kappa shape index (κ2) is 4.30. The summed E-state index contributed by atoms with van der Waals surface area (Å²) in [6.07, 6.45) is 1.74. The van der Waals surface area contributed by atoms with Gasteiger partial charge in [0.2, 0.25) is 0 Å². The van der Waals surface area contributed by atoms with Crippen molar-refractivity contribution in [1.82, 2.24) is 15.3 Å². The molecule has 1 amide bonds. The predicted octanol–water partition coefficient (Wildman–Crippen LogP) is 1.53. The third-order valence-electron chi connectivity index (χ3n) is 1.57. The third-order valence-corrected chi connectivity index (χ3v) is 2.94. The summed E-state index contributed by atoms with van der Waals surface area (Å²) in [5, 5.41) is 4.49. The average Bonchev–Trinajstić information content (AvgIpc) is 2.87.